The van der Waals surface area contributed by atoms with Crippen molar-refractivity contribution in [2.45, 2.75) is 17.8 Å². The van der Waals surface area contributed by atoms with Crippen molar-refractivity contribution in [1.82, 2.24) is 9.97 Å². The first-order chi connectivity index (χ1) is 29.8. The highest BCUT2D eigenvalue weighted by atomic mass is 19.4. The summed E-state index contributed by atoms with van der Waals surface area (Å²) in [5.41, 5.74) is 2.15. The molecule has 14 nitrogen and oxygen atoms in total. The van der Waals surface area contributed by atoms with Crippen LogP contribution in [0.4, 0.5) is 49.1 Å². The molecule has 316 valence electrons. The van der Waals surface area contributed by atoms with Gasteiger partial charge in [-0.1, -0.05) is 24.3 Å². The standard InChI is InChI=1S/C43H24F6N6O8/c44-42(45,46)41(43(47,48)49,23-3-9-27(10-4-23)54-35(56)29-13-1-21(17-31(29)37(54)58)39(60)62-33-15-7-25(50)19-52-33)24-5-11-28(12-6-24)55-36(57)30-14-2-22(18-32(30)38(55)59)40(61)63-34-16-8-26(51)20-53-34/h1-20H,50-51H2. The lowest BCUT2D eigenvalue weighted by Gasteiger charge is -2.38. The van der Waals surface area contributed by atoms with E-state index >= 15 is 26.3 Å². The number of nitrogens with two attached hydrogens (primary N) is 2. The highest BCUT2D eigenvalue weighted by molar-refractivity contribution is 6.35. The van der Waals surface area contributed by atoms with Gasteiger partial charge in [0.25, 0.3) is 23.6 Å². The lowest BCUT2D eigenvalue weighted by atomic mass is 9.73. The zero-order valence-electron chi connectivity index (χ0n) is 31.5. The Kier molecular flexibility index (Phi) is 9.80. The fourth-order valence-electron chi connectivity index (χ4n) is 7.12. The largest absolute Gasteiger partial charge is 0.411 e. The van der Waals surface area contributed by atoms with Gasteiger partial charge in [0.1, 0.15) is 0 Å². The van der Waals surface area contributed by atoms with E-state index in [1.807, 2.05) is 0 Å². The van der Waals surface area contributed by atoms with E-state index in [1.54, 1.807) is 0 Å². The molecule has 0 radical (unpaired) electrons. The Balaban J connectivity index is 1.06. The summed E-state index contributed by atoms with van der Waals surface area (Å²) < 4.78 is 101. The molecule has 4 aromatic carbocycles. The number of hydrogen-bond acceptors (Lipinski definition) is 12. The molecule has 63 heavy (non-hydrogen) atoms. The number of ether oxygens (including phenoxy) is 2. The summed E-state index contributed by atoms with van der Waals surface area (Å²) in [7, 11) is 0. The predicted octanol–water partition coefficient (Wildman–Crippen LogP) is 7.09. The highest BCUT2D eigenvalue weighted by Crippen LogP contribution is 2.56. The summed E-state index contributed by atoms with van der Waals surface area (Å²) >= 11 is 0. The summed E-state index contributed by atoms with van der Waals surface area (Å²) in [4.78, 5) is 87.9. The second-order valence-electron chi connectivity index (χ2n) is 13.9. The van der Waals surface area contributed by atoms with Crippen LogP contribution in [0.3, 0.4) is 0 Å². The lowest BCUT2D eigenvalue weighted by Crippen LogP contribution is -2.54. The third-order valence-corrected chi connectivity index (χ3v) is 10.1. The summed E-state index contributed by atoms with van der Waals surface area (Å²) in [6.07, 6.45) is -9.69. The van der Waals surface area contributed by atoms with E-state index in [-0.39, 0.29) is 56.5 Å². The minimum Gasteiger partial charge on any atom is -0.404 e. The molecule has 0 aliphatic carbocycles. The van der Waals surface area contributed by atoms with Gasteiger partial charge in [-0.15, -0.1) is 0 Å². The Morgan fingerprint density at radius 2 is 0.825 bits per heavy atom. The van der Waals surface area contributed by atoms with E-state index in [0.717, 1.165) is 48.5 Å². The van der Waals surface area contributed by atoms with E-state index in [9.17, 15) is 28.8 Å². The van der Waals surface area contributed by atoms with Crippen molar-refractivity contribution in [2.24, 2.45) is 0 Å². The Hall–Kier alpha value is -8.42. The minimum absolute atomic E-state index is 0.128. The van der Waals surface area contributed by atoms with Crippen molar-refractivity contribution in [1.29, 1.82) is 0 Å². The summed E-state index contributed by atoms with van der Waals surface area (Å²) in [5.74, 6) is -6.20. The van der Waals surface area contributed by atoms with Gasteiger partial charge in [-0.2, -0.15) is 26.3 Å². The summed E-state index contributed by atoms with van der Waals surface area (Å²) in [6, 6.07) is 16.9. The molecule has 20 heteroatoms. The molecule has 0 saturated heterocycles. The maximum Gasteiger partial charge on any atom is 0.411 e. The number of nitrogens with zero attached hydrogens (tertiary/aromatic N) is 4. The molecule has 4 heterocycles. The second kappa shape index (κ2) is 14.9. The molecule has 0 bridgehead atoms. The molecule has 2 aliphatic rings. The van der Waals surface area contributed by atoms with Crippen LogP contribution in [0.25, 0.3) is 0 Å². The smallest absolute Gasteiger partial charge is 0.404 e. The molecule has 2 aromatic heterocycles. The first-order valence-corrected chi connectivity index (χ1v) is 18.1. The lowest BCUT2D eigenvalue weighted by molar-refractivity contribution is -0.288. The van der Waals surface area contributed by atoms with Gasteiger partial charge in [-0.25, -0.2) is 29.4 Å². The fourth-order valence-corrected chi connectivity index (χ4v) is 7.12. The number of fused-ring (bicyclic) bond motifs is 2. The molecule has 0 saturated carbocycles. The normalized spacial score (nSPS) is 13.9. The number of rotatable bonds is 8. The first-order valence-electron chi connectivity index (χ1n) is 18.1. The van der Waals surface area contributed by atoms with Crippen LogP contribution in [0.5, 0.6) is 11.8 Å². The fraction of sp³-hybridized carbons (Fsp3) is 0.0698. The van der Waals surface area contributed by atoms with Crippen LogP contribution in [0.15, 0.2) is 122 Å². The quantitative estimate of drug-likeness (QED) is 0.0894. The first kappa shape index (κ1) is 41.3. The number of pyridine rings is 2. The van der Waals surface area contributed by atoms with Gasteiger partial charge >= 0.3 is 24.3 Å². The Bertz CT molecular complexity index is 2710. The van der Waals surface area contributed by atoms with Crippen molar-refractivity contribution in [3.05, 3.63) is 166 Å². The van der Waals surface area contributed by atoms with Gasteiger partial charge in [0.15, 0.2) is 0 Å². The minimum atomic E-state index is -6.07. The Morgan fingerprint density at radius 3 is 1.14 bits per heavy atom. The Morgan fingerprint density at radius 1 is 0.476 bits per heavy atom. The number of carbonyl (C=O) groups excluding carboxylic acids is 6. The number of aromatic nitrogens is 2. The van der Waals surface area contributed by atoms with Crippen LogP contribution in [-0.2, 0) is 5.41 Å². The molecule has 0 unspecified atom stereocenters. The molecular formula is C43H24F6N6O8. The van der Waals surface area contributed by atoms with Crippen molar-refractivity contribution in [3.8, 4) is 11.8 Å². The maximum absolute atomic E-state index is 15.1. The number of carbonyl (C=O) groups is 6. The molecule has 2 aliphatic heterocycles. The van der Waals surface area contributed by atoms with Crippen LogP contribution in [0.2, 0.25) is 0 Å². The van der Waals surface area contributed by atoms with E-state index in [1.165, 1.54) is 48.8 Å². The number of imide groups is 2. The van der Waals surface area contributed by atoms with E-state index in [4.69, 9.17) is 20.9 Å². The number of alkyl halides is 6. The zero-order valence-corrected chi connectivity index (χ0v) is 31.5. The molecule has 6 aromatic rings. The monoisotopic (exact) mass is 866 g/mol. The maximum atomic E-state index is 15.1. The van der Waals surface area contributed by atoms with Crippen molar-refractivity contribution in [2.75, 3.05) is 21.3 Å². The SMILES string of the molecule is Nc1ccc(OC(=O)c2ccc3c(c2)C(=O)N(c2ccc(C(c4ccc(N5C(=O)c6ccc(C(=O)Oc7ccc(N)cn7)cc6C5=O)cc4)(C(F)(F)F)C(F)(F)F)cc2)C3=O)nc1. The van der Waals surface area contributed by atoms with Gasteiger partial charge in [0, 0.05) is 12.1 Å². The number of anilines is 4. The second-order valence-corrected chi connectivity index (χ2v) is 13.9. The van der Waals surface area contributed by atoms with Gasteiger partial charge in [-0.05, 0) is 83.9 Å². The third-order valence-electron chi connectivity index (χ3n) is 10.1. The van der Waals surface area contributed by atoms with Gasteiger partial charge < -0.3 is 20.9 Å². The molecule has 0 atom stereocenters. The molecule has 8 rings (SSSR count). The molecular weight excluding hydrogens is 842 g/mol. The number of amides is 4. The van der Waals surface area contributed by atoms with Crippen LogP contribution < -0.4 is 30.7 Å². The van der Waals surface area contributed by atoms with Crippen molar-refractivity contribution < 1.29 is 64.6 Å². The highest BCUT2D eigenvalue weighted by Gasteiger charge is 2.72. The zero-order chi connectivity index (χ0) is 45.2. The van der Waals surface area contributed by atoms with E-state index in [2.05, 4.69) is 9.97 Å². The average Bonchev–Trinajstić information content (AvgIpc) is 3.65. The summed E-state index contributed by atoms with van der Waals surface area (Å²) in [6.45, 7) is 0. The van der Waals surface area contributed by atoms with Crippen molar-refractivity contribution >= 4 is 58.3 Å². The van der Waals surface area contributed by atoms with Crippen LogP contribution >= 0.6 is 0 Å². The van der Waals surface area contributed by atoms with Crippen LogP contribution in [0, 0.1) is 0 Å². The number of benzene rings is 4. The van der Waals surface area contributed by atoms with Gasteiger partial charge in [-0.3, -0.25) is 19.2 Å². The average molecular weight is 867 g/mol. The number of nitrogen functional groups attached to an aromatic ring is 2. The number of halogens is 6. The van der Waals surface area contributed by atoms with Gasteiger partial charge in [0.2, 0.25) is 17.2 Å². The Labute approximate surface area is 349 Å². The number of hydrogen-bond donors (Lipinski definition) is 2. The van der Waals surface area contributed by atoms with Crippen LogP contribution in [-0.4, -0.2) is 57.9 Å². The third kappa shape index (κ3) is 6.91. The number of esters is 2. The topological polar surface area (TPSA) is 205 Å². The molecule has 4 amide bonds. The van der Waals surface area contributed by atoms with E-state index < -0.39 is 75.8 Å². The molecule has 4 N–H and O–H groups in total. The van der Waals surface area contributed by atoms with Gasteiger partial charge in [0.05, 0.1) is 68.5 Å². The predicted molar refractivity (Wildman–Crippen MR) is 208 cm³/mol. The van der Waals surface area contributed by atoms with E-state index in [0.29, 0.717) is 34.1 Å². The summed E-state index contributed by atoms with van der Waals surface area (Å²) in [5, 5.41) is 0. The van der Waals surface area contributed by atoms with Crippen LogP contribution in [0.1, 0.15) is 73.3 Å². The molecule has 0 spiro atoms. The molecule has 0 fully saturated rings. The van der Waals surface area contributed by atoms with Crippen molar-refractivity contribution in [3.63, 3.8) is 0 Å².